The number of nitrogens with one attached hydrogen (secondary N) is 1. The Morgan fingerprint density at radius 1 is 1.20 bits per heavy atom. The molecule has 0 unspecified atom stereocenters. The minimum atomic E-state index is -1.13. The highest BCUT2D eigenvalue weighted by Gasteiger charge is 2.24. The summed E-state index contributed by atoms with van der Waals surface area (Å²) < 4.78 is 0.868. The fourth-order valence-electron chi connectivity index (χ4n) is 1.78. The summed E-state index contributed by atoms with van der Waals surface area (Å²) in [4.78, 5) is 34.9. The minimum absolute atomic E-state index is 0.0976. The maximum atomic E-state index is 12.4. The molecular weight excluding hydrogens is 460 g/mol. The van der Waals surface area contributed by atoms with Crippen molar-refractivity contribution in [2.45, 2.75) is 12.8 Å². The van der Waals surface area contributed by atoms with Crippen LogP contribution < -0.4 is 5.32 Å². The summed E-state index contributed by atoms with van der Waals surface area (Å²) in [6.07, 6.45) is -0.693. The first-order chi connectivity index (χ1) is 11.7. The fraction of sp³-hybridized carbons (Fsp3) is 0.143. The Kier molecular flexibility index (Phi) is 6.45. The van der Waals surface area contributed by atoms with E-state index in [0.29, 0.717) is 10.7 Å². The van der Waals surface area contributed by atoms with Crippen LogP contribution in [-0.2, 0) is 4.79 Å². The van der Waals surface area contributed by atoms with Crippen molar-refractivity contribution >= 4 is 74.2 Å². The number of benzene rings is 1. The lowest BCUT2D eigenvalue weighted by Crippen LogP contribution is -2.17. The smallest absolute Gasteiger partial charge is 0.303 e. The first-order valence-corrected chi connectivity index (χ1v) is 8.58. The van der Waals surface area contributed by atoms with Crippen molar-refractivity contribution < 1.29 is 19.5 Å². The van der Waals surface area contributed by atoms with Gasteiger partial charge in [0.05, 0.1) is 21.6 Å². The van der Waals surface area contributed by atoms with Gasteiger partial charge in [0.15, 0.2) is 10.8 Å². The molecule has 0 atom stereocenters. The summed E-state index contributed by atoms with van der Waals surface area (Å²) in [5, 5.41) is 15.5. The second kappa shape index (κ2) is 8.18. The summed E-state index contributed by atoms with van der Waals surface area (Å²) in [6, 6.07) is 4.50. The number of carboxylic acids is 1. The van der Waals surface area contributed by atoms with Gasteiger partial charge >= 0.3 is 5.97 Å². The first kappa shape index (κ1) is 19.7. The van der Waals surface area contributed by atoms with Crippen molar-refractivity contribution in [3.8, 4) is 0 Å². The highest BCUT2D eigenvalue weighted by atomic mass is 79.9. The van der Waals surface area contributed by atoms with Crippen LogP contribution in [-0.4, -0.2) is 32.7 Å². The monoisotopic (exact) mass is 467 g/mol. The third-order valence-corrected chi connectivity index (χ3v) is 4.83. The zero-order valence-electron chi connectivity index (χ0n) is 12.2. The molecule has 2 rings (SSSR count). The number of carbonyl (C=O) groups is 3. The molecule has 0 saturated heterocycles. The molecular formula is C14H9BrCl3N3O4. The van der Waals surface area contributed by atoms with Crippen LogP contribution >= 0.6 is 50.7 Å². The SMILES string of the molecule is O=C(O)CCC(=O)n1nc(C(=O)Nc2ccc(Cl)cc2Cl)c(Br)c1Cl. The number of amides is 1. The van der Waals surface area contributed by atoms with E-state index in [2.05, 4.69) is 26.3 Å². The second-order valence-electron chi connectivity index (χ2n) is 4.73. The number of carbonyl (C=O) groups excluding carboxylic acids is 2. The van der Waals surface area contributed by atoms with Crippen LogP contribution in [0.25, 0.3) is 0 Å². The van der Waals surface area contributed by atoms with Crippen LogP contribution in [0.15, 0.2) is 22.7 Å². The van der Waals surface area contributed by atoms with Gasteiger partial charge in [-0.3, -0.25) is 14.4 Å². The summed E-state index contributed by atoms with van der Waals surface area (Å²) in [6.45, 7) is 0. The lowest BCUT2D eigenvalue weighted by atomic mass is 10.3. The van der Waals surface area contributed by atoms with Crippen LogP contribution in [0.2, 0.25) is 15.2 Å². The molecule has 25 heavy (non-hydrogen) atoms. The van der Waals surface area contributed by atoms with Crippen molar-refractivity contribution in [1.29, 1.82) is 0 Å². The van der Waals surface area contributed by atoms with Gasteiger partial charge < -0.3 is 10.4 Å². The molecule has 2 aromatic rings. The van der Waals surface area contributed by atoms with Gasteiger partial charge in [-0.15, -0.1) is 0 Å². The molecule has 0 fully saturated rings. The summed E-state index contributed by atoms with van der Waals surface area (Å²) >= 11 is 20.9. The number of nitrogens with zero attached hydrogens (tertiary/aromatic N) is 2. The molecule has 0 aliphatic heterocycles. The van der Waals surface area contributed by atoms with E-state index in [9.17, 15) is 14.4 Å². The van der Waals surface area contributed by atoms with Crippen LogP contribution in [0.5, 0.6) is 0 Å². The molecule has 0 saturated carbocycles. The standard InChI is InChI=1S/C14H9BrCl3N3O4/c15-11-12(14(25)19-8-2-1-6(16)5-7(8)17)20-21(13(11)18)9(22)3-4-10(23)24/h1-2,5H,3-4H2,(H,19,25)(H,23,24). The quantitative estimate of drug-likeness (QED) is 0.678. The Morgan fingerprint density at radius 3 is 2.48 bits per heavy atom. The molecule has 1 aromatic carbocycles. The average molecular weight is 470 g/mol. The predicted octanol–water partition coefficient (Wildman–Crippen LogP) is 4.36. The van der Waals surface area contributed by atoms with Gasteiger partial charge in [-0.25, -0.2) is 0 Å². The number of hydrogen-bond acceptors (Lipinski definition) is 4. The number of halogens is 4. The zero-order valence-corrected chi connectivity index (χ0v) is 16.1. The summed E-state index contributed by atoms with van der Waals surface area (Å²) in [7, 11) is 0. The Labute approximate surface area is 165 Å². The van der Waals surface area contributed by atoms with Crippen LogP contribution in [0, 0.1) is 0 Å². The van der Waals surface area contributed by atoms with Crippen molar-refractivity contribution in [3.63, 3.8) is 0 Å². The van der Waals surface area contributed by atoms with Crippen LogP contribution in [0.1, 0.15) is 28.1 Å². The van der Waals surface area contributed by atoms with Gasteiger partial charge in [-0.1, -0.05) is 34.8 Å². The Morgan fingerprint density at radius 2 is 1.88 bits per heavy atom. The van der Waals surface area contributed by atoms with Crippen LogP contribution in [0.4, 0.5) is 5.69 Å². The molecule has 132 valence electrons. The highest BCUT2D eigenvalue weighted by Crippen LogP contribution is 2.29. The lowest BCUT2D eigenvalue weighted by molar-refractivity contribution is -0.137. The molecule has 0 aliphatic rings. The molecule has 0 aliphatic carbocycles. The number of anilines is 1. The number of rotatable bonds is 5. The zero-order chi connectivity index (χ0) is 18.7. The Bertz CT molecular complexity index is 869. The largest absolute Gasteiger partial charge is 0.481 e. The van der Waals surface area contributed by atoms with E-state index < -0.39 is 17.8 Å². The molecule has 0 spiro atoms. The van der Waals surface area contributed by atoms with Gasteiger partial charge in [0.2, 0.25) is 5.91 Å². The van der Waals surface area contributed by atoms with Crippen molar-refractivity contribution in [3.05, 3.63) is 43.6 Å². The van der Waals surface area contributed by atoms with E-state index >= 15 is 0 Å². The minimum Gasteiger partial charge on any atom is -0.481 e. The summed E-state index contributed by atoms with van der Waals surface area (Å²) in [5.74, 6) is -2.45. The van der Waals surface area contributed by atoms with E-state index in [-0.39, 0.29) is 33.2 Å². The van der Waals surface area contributed by atoms with Crippen molar-refractivity contribution in [2.75, 3.05) is 5.32 Å². The van der Waals surface area contributed by atoms with Gasteiger partial charge in [0.1, 0.15) is 0 Å². The molecule has 1 amide bonds. The molecule has 11 heteroatoms. The van der Waals surface area contributed by atoms with Crippen molar-refractivity contribution in [2.24, 2.45) is 0 Å². The number of aliphatic carboxylic acids is 1. The van der Waals surface area contributed by atoms with Gasteiger partial charge in [0, 0.05) is 11.4 Å². The maximum Gasteiger partial charge on any atom is 0.303 e. The number of hydrogen-bond donors (Lipinski definition) is 2. The second-order valence-corrected chi connectivity index (χ2v) is 6.73. The van der Waals surface area contributed by atoms with E-state index in [1.54, 1.807) is 6.07 Å². The van der Waals surface area contributed by atoms with E-state index in [0.717, 1.165) is 4.68 Å². The van der Waals surface area contributed by atoms with E-state index in [1.165, 1.54) is 12.1 Å². The highest BCUT2D eigenvalue weighted by molar-refractivity contribution is 9.10. The fourth-order valence-corrected chi connectivity index (χ4v) is 2.89. The van der Waals surface area contributed by atoms with Crippen molar-refractivity contribution in [1.82, 2.24) is 9.78 Å². The van der Waals surface area contributed by atoms with Gasteiger partial charge in [-0.05, 0) is 34.1 Å². The third-order valence-electron chi connectivity index (χ3n) is 2.96. The third kappa shape index (κ3) is 4.72. The maximum absolute atomic E-state index is 12.4. The lowest BCUT2D eigenvalue weighted by Gasteiger charge is -2.06. The first-order valence-electron chi connectivity index (χ1n) is 6.66. The summed E-state index contributed by atoms with van der Waals surface area (Å²) in [5.41, 5.74) is 0.144. The van der Waals surface area contributed by atoms with Crippen LogP contribution in [0.3, 0.4) is 0 Å². The number of aromatic nitrogens is 2. The van der Waals surface area contributed by atoms with Gasteiger partial charge in [0.25, 0.3) is 5.91 Å². The topological polar surface area (TPSA) is 101 Å². The Balaban J connectivity index is 2.24. The Hall–Kier alpha value is -1.61. The molecule has 1 aromatic heterocycles. The number of carboxylic acid groups (broad SMARTS) is 1. The predicted molar refractivity (Wildman–Crippen MR) is 96.8 cm³/mol. The molecule has 1 heterocycles. The molecule has 7 nitrogen and oxygen atoms in total. The molecule has 0 bridgehead atoms. The average Bonchev–Trinajstić information content (AvgIpc) is 2.84. The molecule has 0 radical (unpaired) electrons. The van der Waals surface area contributed by atoms with Gasteiger partial charge in [-0.2, -0.15) is 9.78 Å². The van der Waals surface area contributed by atoms with E-state index in [4.69, 9.17) is 39.9 Å². The normalized spacial score (nSPS) is 10.6. The van der Waals surface area contributed by atoms with E-state index in [1.807, 2.05) is 0 Å². The molecule has 2 N–H and O–H groups in total.